The van der Waals surface area contributed by atoms with Gasteiger partial charge >= 0.3 is 5.69 Å². The number of aromatic nitrogens is 4. The quantitative estimate of drug-likeness (QED) is 0.290. The molecule has 11 heteroatoms. The van der Waals surface area contributed by atoms with Crippen LogP contribution in [0, 0.1) is 10.1 Å². The zero-order valence-electron chi connectivity index (χ0n) is 18.4. The van der Waals surface area contributed by atoms with Crippen molar-refractivity contribution in [3.63, 3.8) is 0 Å². The first-order valence-electron chi connectivity index (χ1n) is 10.1. The van der Waals surface area contributed by atoms with Crippen LogP contribution in [-0.2, 0) is 0 Å². The Morgan fingerprint density at radius 3 is 2.76 bits per heavy atom. The number of hydrogen-bond acceptors (Lipinski definition) is 9. The molecular weight excluding hydrogens is 426 g/mol. The van der Waals surface area contributed by atoms with Crippen molar-refractivity contribution in [1.82, 2.24) is 25.1 Å². The summed E-state index contributed by atoms with van der Waals surface area (Å²) in [6.45, 7) is 0.911. The molecular formula is C22H23N7O4. The summed E-state index contributed by atoms with van der Waals surface area (Å²) >= 11 is 0. The van der Waals surface area contributed by atoms with E-state index in [1.165, 1.54) is 19.2 Å². The summed E-state index contributed by atoms with van der Waals surface area (Å²) in [6, 6.07) is 12.3. The lowest BCUT2D eigenvalue weighted by Crippen LogP contribution is -2.19. The van der Waals surface area contributed by atoms with Crippen LogP contribution >= 0.6 is 0 Å². The van der Waals surface area contributed by atoms with Gasteiger partial charge in [0.15, 0.2) is 0 Å². The Morgan fingerprint density at radius 2 is 2.00 bits per heavy atom. The third kappa shape index (κ3) is 4.83. The molecule has 2 N–H and O–H groups in total. The Labute approximate surface area is 189 Å². The van der Waals surface area contributed by atoms with Gasteiger partial charge in [-0.05, 0) is 26.2 Å². The Bertz CT molecular complexity index is 1290. The Morgan fingerprint density at radius 1 is 1.18 bits per heavy atom. The number of ether oxygens (including phenoxy) is 2. The van der Waals surface area contributed by atoms with Gasteiger partial charge < -0.3 is 19.7 Å². The first kappa shape index (κ1) is 22.0. The van der Waals surface area contributed by atoms with Gasteiger partial charge in [-0.25, -0.2) is 9.97 Å². The van der Waals surface area contributed by atoms with E-state index in [1.807, 2.05) is 43.3 Å². The Balaban J connectivity index is 1.65. The smallest absolute Gasteiger partial charge is 0.313 e. The number of benzene rings is 2. The van der Waals surface area contributed by atoms with E-state index in [4.69, 9.17) is 9.47 Å². The van der Waals surface area contributed by atoms with Crippen molar-refractivity contribution < 1.29 is 14.4 Å². The van der Waals surface area contributed by atoms with Crippen LogP contribution in [0.15, 0.2) is 48.7 Å². The Hall–Kier alpha value is -4.25. The number of likely N-dealkylation sites (N-methyl/N-ethyl adjacent to an activating group) is 1. The molecule has 0 bridgehead atoms. The first-order valence-corrected chi connectivity index (χ1v) is 10.1. The summed E-state index contributed by atoms with van der Waals surface area (Å²) in [4.78, 5) is 21.9. The van der Waals surface area contributed by atoms with Crippen LogP contribution in [0.1, 0.15) is 0 Å². The number of para-hydroxylation sites is 1. The molecule has 0 aliphatic heterocycles. The summed E-state index contributed by atoms with van der Waals surface area (Å²) in [5.41, 5.74) is 2.32. The highest BCUT2D eigenvalue weighted by atomic mass is 16.6. The minimum absolute atomic E-state index is 0.127. The third-order valence-electron chi connectivity index (χ3n) is 4.89. The molecule has 0 atom stereocenters. The number of nitro benzene ring substituents is 1. The second kappa shape index (κ2) is 9.49. The van der Waals surface area contributed by atoms with Gasteiger partial charge in [-0.15, -0.1) is 0 Å². The normalized spacial score (nSPS) is 11.0. The van der Waals surface area contributed by atoms with Crippen LogP contribution in [-0.4, -0.2) is 64.3 Å². The molecule has 2 heterocycles. The van der Waals surface area contributed by atoms with Gasteiger partial charge in [0.05, 0.1) is 28.9 Å². The van der Waals surface area contributed by atoms with Crippen molar-refractivity contribution in [3.8, 4) is 22.9 Å². The number of fused-ring (bicyclic) bond motifs is 1. The van der Waals surface area contributed by atoms with Crippen molar-refractivity contribution in [2.45, 2.75) is 0 Å². The second-order valence-corrected chi connectivity index (χ2v) is 7.44. The zero-order chi connectivity index (χ0) is 23.4. The van der Waals surface area contributed by atoms with Gasteiger partial charge in [0.2, 0.25) is 11.7 Å². The van der Waals surface area contributed by atoms with Gasteiger partial charge in [0.1, 0.15) is 18.1 Å². The third-order valence-corrected chi connectivity index (χ3v) is 4.89. The molecule has 4 rings (SSSR count). The molecule has 2 aromatic carbocycles. The second-order valence-electron chi connectivity index (χ2n) is 7.44. The number of rotatable bonds is 9. The fourth-order valence-electron chi connectivity index (χ4n) is 3.24. The van der Waals surface area contributed by atoms with Crippen molar-refractivity contribution in [1.29, 1.82) is 0 Å². The van der Waals surface area contributed by atoms with E-state index in [-0.39, 0.29) is 17.4 Å². The molecule has 0 aliphatic rings. The van der Waals surface area contributed by atoms with E-state index in [0.717, 1.165) is 10.9 Å². The highest BCUT2D eigenvalue weighted by Gasteiger charge is 2.21. The maximum Gasteiger partial charge on any atom is 0.313 e. The Kier molecular flexibility index (Phi) is 6.31. The predicted molar refractivity (Wildman–Crippen MR) is 124 cm³/mol. The highest BCUT2D eigenvalue weighted by molar-refractivity contribution is 5.91. The monoisotopic (exact) mass is 449 g/mol. The molecule has 170 valence electrons. The number of nitrogens with one attached hydrogen (secondary N) is 2. The van der Waals surface area contributed by atoms with E-state index in [2.05, 4.69) is 25.5 Å². The molecule has 0 unspecified atom stereocenters. The molecule has 2 aromatic heterocycles. The van der Waals surface area contributed by atoms with Crippen LogP contribution in [0.25, 0.3) is 22.3 Å². The van der Waals surface area contributed by atoms with Crippen molar-refractivity contribution in [2.75, 3.05) is 39.7 Å². The van der Waals surface area contributed by atoms with Crippen LogP contribution in [0.5, 0.6) is 11.5 Å². The highest BCUT2D eigenvalue weighted by Crippen LogP contribution is 2.39. The SMILES string of the molecule is COc1cc(OCCN(C)C)c([N+](=O)[O-])cc1Nc1nccc(-c2n[nH]c3ccccc23)n1. The average molecular weight is 449 g/mol. The standard InChI is InChI=1S/C22H23N7O4/c1-28(2)10-11-33-20-13-19(32-3)17(12-18(20)29(30)31)25-22-23-9-8-16(24-22)21-14-6-4-5-7-15(14)26-27-21/h4-9,12-13H,10-11H2,1-3H3,(H,26,27)(H,23,24,25). The van der Waals surface area contributed by atoms with Crippen molar-refractivity contribution >= 4 is 28.2 Å². The fraction of sp³-hybridized carbons (Fsp3) is 0.227. The predicted octanol–water partition coefficient (Wildman–Crippen LogP) is 3.62. The molecule has 11 nitrogen and oxygen atoms in total. The van der Waals surface area contributed by atoms with Gasteiger partial charge in [0.25, 0.3) is 0 Å². The van der Waals surface area contributed by atoms with Gasteiger partial charge in [-0.2, -0.15) is 5.10 Å². The summed E-state index contributed by atoms with van der Waals surface area (Å²) in [5.74, 6) is 0.732. The maximum absolute atomic E-state index is 11.7. The summed E-state index contributed by atoms with van der Waals surface area (Å²) in [6.07, 6.45) is 1.59. The molecule has 0 radical (unpaired) electrons. The van der Waals surface area contributed by atoms with Gasteiger partial charge in [0, 0.05) is 30.3 Å². The lowest BCUT2D eigenvalue weighted by Gasteiger charge is -2.14. The summed E-state index contributed by atoms with van der Waals surface area (Å²) < 4.78 is 11.1. The van der Waals surface area contributed by atoms with Gasteiger partial charge in [-0.1, -0.05) is 18.2 Å². The van der Waals surface area contributed by atoms with Gasteiger partial charge in [-0.3, -0.25) is 15.2 Å². The molecule has 0 saturated heterocycles. The van der Waals surface area contributed by atoms with E-state index in [0.29, 0.717) is 36.0 Å². The molecule has 0 aliphatic carbocycles. The lowest BCUT2D eigenvalue weighted by molar-refractivity contribution is -0.385. The number of aromatic amines is 1. The topological polar surface area (TPSA) is 131 Å². The first-order chi connectivity index (χ1) is 16.0. The lowest BCUT2D eigenvalue weighted by atomic mass is 10.1. The molecule has 0 saturated carbocycles. The fourth-order valence-corrected chi connectivity index (χ4v) is 3.24. The number of methoxy groups -OCH3 is 1. The molecule has 33 heavy (non-hydrogen) atoms. The van der Waals surface area contributed by atoms with E-state index in [9.17, 15) is 10.1 Å². The molecule has 0 amide bonds. The van der Waals surface area contributed by atoms with Crippen LogP contribution < -0.4 is 14.8 Å². The average Bonchev–Trinajstić information content (AvgIpc) is 3.23. The van der Waals surface area contributed by atoms with Crippen molar-refractivity contribution in [2.24, 2.45) is 0 Å². The molecule has 0 spiro atoms. The molecule has 0 fully saturated rings. The number of hydrogen-bond donors (Lipinski definition) is 2. The number of H-pyrrole nitrogens is 1. The summed E-state index contributed by atoms with van der Waals surface area (Å²) in [7, 11) is 5.26. The maximum atomic E-state index is 11.7. The van der Waals surface area contributed by atoms with E-state index >= 15 is 0 Å². The van der Waals surface area contributed by atoms with Crippen LogP contribution in [0.3, 0.4) is 0 Å². The minimum atomic E-state index is -0.497. The van der Waals surface area contributed by atoms with E-state index < -0.39 is 4.92 Å². The zero-order valence-corrected chi connectivity index (χ0v) is 18.4. The minimum Gasteiger partial charge on any atom is -0.494 e. The van der Waals surface area contributed by atoms with Crippen LogP contribution in [0.2, 0.25) is 0 Å². The summed E-state index contributed by atoms with van der Waals surface area (Å²) in [5, 5.41) is 22.9. The van der Waals surface area contributed by atoms with Crippen molar-refractivity contribution in [3.05, 3.63) is 58.8 Å². The molecule has 4 aromatic rings. The number of anilines is 2. The number of nitrogens with zero attached hydrogens (tertiary/aromatic N) is 5. The largest absolute Gasteiger partial charge is 0.494 e. The van der Waals surface area contributed by atoms with E-state index in [1.54, 1.807) is 12.3 Å². The van der Waals surface area contributed by atoms with Crippen LogP contribution in [0.4, 0.5) is 17.3 Å². The number of nitro groups is 1.